The van der Waals surface area contributed by atoms with Crippen molar-refractivity contribution in [3.05, 3.63) is 29.3 Å². The van der Waals surface area contributed by atoms with E-state index in [4.69, 9.17) is 9.47 Å². The van der Waals surface area contributed by atoms with Crippen molar-refractivity contribution in [3.8, 4) is 0 Å². The number of carbonyl (C=O) groups is 1. The quantitative estimate of drug-likeness (QED) is 0.785. The summed E-state index contributed by atoms with van der Waals surface area (Å²) in [5, 5.41) is 0. The molecule has 1 heterocycles. The highest BCUT2D eigenvalue weighted by atomic mass is 16.5. The lowest BCUT2D eigenvalue weighted by atomic mass is 9.99. The Kier molecular flexibility index (Phi) is 4.43. The molecule has 1 aromatic rings. The minimum Gasteiger partial charge on any atom is -0.465 e. The standard InChI is InChI=1S/C15H21NO3/c1-11(2)12-4-5-14(13(10-12)15(17)18-3)16-6-8-19-9-7-16/h4-5,10-11H,6-9H2,1-3H3. The number of methoxy groups -OCH3 is 1. The third-order valence-corrected chi connectivity index (χ3v) is 3.44. The predicted molar refractivity (Wildman–Crippen MR) is 74.9 cm³/mol. The zero-order valence-electron chi connectivity index (χ0n) is 11.8. The number of ether oxygens (including phenoxy) is 2. The van der Waals surface area contributed by atoms with Gasteiger partial charge in [0.15, 0.2) is 0 Å². The molecule has 19 heavy (non-hydrogen) atoms. The van der Waals surface area contributed by atoms with Gasteiger partial charge in [-0.1, -0.05) is 19.9 Å². The minimum atomic E-state index is -0.274. The number of hydrogen-bond acceptors (Lipinski definition) is 4. The molecule has 104 valence electrons. The van der Waals surface area contributed by atoms with Crippen LogP contribution in [0.5, 0.6) is 0 Å². The van der Waals surface area contributed by atoms with Gasteiger partial charge >= 0.3 is 5.97 Å². The van der Waals surface area contributed by atoms with Crippen LogP contribution >= 0.6 is 0 Å². The van der Waals surface area contributed by atoms with E-state index in [0.717, 1.165) is 24.3 Å². The van der Waals surface area contributed by atoms with E-state index >= 15 is 0 Å². The highest BCUT2D eigenvalue weighted by Crippen LogP contribution is 2.26. The van der Waals surface area contributed by atoms with Gasteiger partial charge in [-0.2, -0.15) is 0 Å². The van der Waals surface area contributed by atoms with Crippen molar-refractivity contribution in [3.63, 3.8) is 0 Å². The SMILES string of the molecule is COC(=O)c1cc(C(C)C)ccc1N1CCOCC1. The van der Waals surface area contributed by atoms with Gasteiger partial charge in [0.25, 0.3) is 0 Å². The van der Waals surface area contributed by atoms with Gasteiger partial charge in [-0.25, -0.2) is 4.79 Å². The molecular formula is C15H21NO3. The number of benzene rings is 1. The van der Waals surface area contributed by atoms with E-state index in [1.165, 1.54) is 7.11 Å². The molecule has 0 bridgehead atoms. The third kappa shape index (κ3) is 3.07. The molecule has 4 heteroatoms. The van der Waals surface area contributed by atoms with Gasteiger partial charge in [0.2, 0.25) is 0 Å². The second-order valence-electron chi connectivity index (χ2n) is 5.02. The van der Waals surface area contributed by atoms with Gasteiger partial charge in [-0.15, -0.1) is 0 Å². The van der Waals surface area contributed by atoms with Gasteiger partial charge in [-0.05, 0) is 23.6 Å². The first-order valence-corrected chi connectivity index (χ1v) is 6.68. The Labute approximate surface area is 114 Å². The van der Waals surface area contributed by atoms with Crippen LogP contribution in [-0.4, -0.2) is 39.4 Å². The van der Waals surface area contributed by atoms with Crippen molar-refractivity contribution in [2.45, 2.75) is 19.8 Å². The van der Waals surface area contributed by atoms with Gasteiger partial charge in [-0.3, -0.25) is 0 Å². The van der Waals surface area contributed by atoms with E-state index in [9.17, 15) is 4.79 Å². The molecule has 1 fully saturated rings. The number of morpholine rings is 1. The average molecular weight is 263 g/mol. The Balaban J connectivity index is 2.38. The smallest absolute Gasteiger partial charge is 0.339 e. The predicted octanol–water partition coefficient (Wildman–Crippen LogP) is 2.43. The van der Waals surface area contributed by atoms with E-state index in [1.807, 2.05) is 12.1 Å². The Hall–Kier alpha value is -1.55. The first-order valence-electron chi connectivity index (χ1n) is 6.68. The summed E-state index contributed by atoms with van der Waals surface area (Å²) >= 11 is 0. The number of carbonyl (C=O) groups excluding carboxylic acids is 1. The lowest BCUT2D eigenvalue weighted by Crippen LogP contribution is -2.37. The molecule has 4 nitrogen and oxygen atoms in total. The summed E-state index contributed by atoms with van der Waals surface area (Å²) in [6.45, 7) is 7.25. The van der Waals surface area contributed by atoms with Crippen LogP contribution in [-0.2, 0) is 9.47 Å². The average Bonchev–Trinajstić information content (AvgIpc) is 2.46. The molecule has 0 aromatic heterocycles. The molecule has 1 saturated heterocycles. The van der Waals surface area contributed by atoms with E-state index in [-0.39, 0.29) is 5.97 Å². The second-order valence-corrected chi connectivity index (χ2v) is 5.02. The van der Waals surface area contributed by atoms with Gasteiger partial charge in [0, 0.05) is 13.1 Å². The van der Waals surface area contributed by atoms with Crippen LogP contribution in [0.3, 0.4) is 0 Å². The molecule has 0 amide bonds. The zero-order chi connectivity index (χ0) is 13.8. The molecular weight excluding hydrogens is 242 g/mol. The Morgan fingerprint density at radius 3 is 2.58 bits per heavy atom. The lowest BCUT2D eigenvalue weighted by Gasteiger charge is -2.30. The topological polar surface area (TPSA) is 38.8 Å². The van der Waals surface area contributed by atoms with Crippen molar-refractivity contribution in [1.82, 2.24) is 0 Å². The third-order valence-electron chi connectivity index (χ3n) is 3.44. The molecule has 0 unspecified atom stereocenters. The highest BCUT2D eigenvalue weighted by Gasteiger charge is 2.20. The fourth-order valence-electron chi connectivity index (χ4n) is 2.27. The zero-order valence-corrected chi connectivity index (χ0v) is 11.8. The summed E-state index contributed by atoms with van der Waals surface area (Å²) in [4.78, 5) is 14.2. The molecule has 1 aliphatic rings. The van der Waals surface area contributed by atoms with E-state index < -0.39 is 0 Å². The molecule has 1 aromatic carbocycles. The second kappa shape index (κ2) is 6.06. The maximum Gasteiger partial charge on any atom is 0.339 e. The Morgan fingerprint density at radius 2 is 2.00 bits per heavy atom. The largest absolute Gasteiger partial charge is 0.465 e. The molecule has 0 atom stereocenters. The fraction of sp³-hybridized carbons (Fsp3) is 0.533. The van der Waals surface area contributed by atoms with Crippen LogP contribution in [0, 0.1) is 0 Å². The Bertz CT molecular complexity index is 451. The highest BCUT2D eigenvalue weighted by molar-refractivity contribution is 5.96. The minimum absolute atomic E-state index is 0.274. The van der Waals surface area contributed by atoms with E-state index in [0.29, 0.717) is 24.7 Å². The first-order chi connectivity index (χ1) is 9.13. The number of esters is 1. The molecule has 0 aliphatic carbocycles. The van der Waals surface area contributed by atoms with Crippen LogP contribution in [0.4, 0.5) is 5.69 Å². The maximum absolute atomic E-state index is 12.0. The summed E-state index contributed by atoms with van der Waals surface area (Å²) in [5.41, 5.74) is 2.74. The normalized spacial score (nSPS) is 15.7. The van der Waals surface area contributed by atoms with Crippen LogP contribution < -0.4 is 4.90 Å². The van der Waals surface area contributed by atoms with Gasteiger partial charge in [0.1, 0.15) is 0 Å². The van der Waals surface area contributed by atoms with Crippen LogP contribution in [0.25, 0.3) is 0 Å². The maximum atomic E-state index is 12.0. The van der Waals surface area contributed by atoms with Crippen molar-refractivity contribution < 1.29 is 14.3 Å². The van der Waals surface area contributed by atoms with E-state index in [2.05, 4.69) is 24.8 Å². The molecule has 0 N–H and O–H groups in total. The fourth-order valence-corrected chi connectivity index (χ4v) is 2.27. The number of hydrogen-bond donors (Lipinski definition) is 0. The number of nitrogens with zero attached hydrogens (tertiary/aromatic N) is 1. The van der Waals surface area contributed by atoms with Crippen molar-refractivity contribution in [2.24, 2.45) is 0 Å². The van der Waals surface area contributed by atoms with Crippen LogP contribution in [0.15, 0.2) is 18.2 Å². The first kappa shape index (κ1) is 13.9. The van der Waals surface area contributed by atoms with Crippen LogP contribution in [0.1, 0.15) is 35.7 Å². The van der Waals surface area contributed by atoms with Crippen LogP contribution in [0.2, 0.25) is 0 Å². The monoisotopic (exact) mass is 263 g/mol. The molecule has 2 rings (SSSR count). The summed E-state index contributed by atoms with van der Waals surface area (Å²) in [7, 11) is 1.42. The van der Waals surface area contributed by atoms with Gasteiger partial charge in [0.05, 0.1) is 31.6 Å². The molecule has 1 aliphatic heterocycles. The summed E-state index contributed by atoms with van der Waals surface area (Å²) < 4.78 is 10.3. The van der Waals surface area contributed by atoms with Crippen molar-refractivity contribution in [1.29, 1.82) is 0 Å². The molecule has 0 saturated carbocycles. The molecule has 0 spiro atoms. The summed E-state index contributed by atoms with van der Waals surface area (Å²) in [6.07, 6.45) is 0. The summed E-state index contributed by atoms with van der Waals surface area (Å²) in [6, 6.07) is 6.05. The van der Waals surface area contributed by atoms with Gasteiger partial charge < -0.3 is 14.4 Å². The van der Waals surface area contributed by atoms with E-state index in [1.54, 1.807) is 0 Å². The number of anilines is 1. The van der Waals surface area contributed by atoms with Crippen molar-refractivity contribution in [2.75, 3.05) is 38.3 Å². The molecule has 0 radical (unpaired) electrons. The Morgan fingerprint density at radius 1 is 1.32 bits per heavy atom. The number of rotatable bonds is 3. The lowest BCUT2D eigenvalue weighted by molar-refractivity contribution is 0.0600. The van der Waals surface area contributed by atoms with Crippen molar-refractivity contribution >= 4 is 11.7 Å². The summed E-state index contributed by atoms with van der Waals surface area (Å²) in [5.74, 6) is 0.117.